The van der Waals surface area contributed by atoms with E-state index in [9.17, 15) is 16.8 Å². The van der Waals surface area contributed by atoms with E-state index in [4.69, 9.17) is 7.85 Å². The third-order valence-electron chi connectivity index (χ3n) is 11.6. The van der Waals surface area contributed by atoms with Gasteiger partial charge in [-0.15, -0.1) is 5.47 Å². The van der Waals surface area contributed by atoms with Gasteiger partial charge in [-0.2, -0.15) is 10.2 Å². The van der Waals surface area contributed by atoms with Crippen molar-refractivity contribution in [2.75, 3.05) is 0 Å². The molecule has 2 aromatic carbocycles. The molecule has 67 heavy (non-hydrogen) atoms. The number of nitrogens with zero attached hydrogens (tertiary/aromatic N) is 8. The van der Waals surface area contributed by atoms with E-state index in [0.29, 0.717) is 17.2 Å². The summed E-state index contributed by atoms with van der Waals surface area (Å²) in [5, 5.41) is 10.0. The van der Waals surface area contributed by atoms with E-state index in [1.165, 1.54) is 26.4 Å². The Kier molecular flexibility index (Phi) is 17.5. The van der Waals surface area contributed by atoms with Gasteiger partial charge in [0, 0.05) is 109 Å². The van der Waals surface area contributed by atoms with Gasteiger partial charge in [0.05, 0.1) is 22.2 Å². The minimum Gasteiger partial charge on any atom is -0.412 e. The van der Waals surface area contributed by atoms with Crippen LogP contribution in [-0.4, -0.2) is 73.1 Å². The first kappa shape index (κ1) is 52.7. The predicted molar refractivity (Wildman–Crippen MR) is 265 cm³/mol. The topological polar surface area (TPSA) is 203 Å². The standard InChI is InChI=1S/C24H24N4O2S.C17H13BrN4O2S.C7H11B.2H2O.Pd/c1-17-8-10-18(11-9-17)19-12-22-23(20-14-26-27(2)15-20)16-28(24(22)25-13-19)31(29,30)21-6-4-3-5-7-21;1-21-10-12(8-20-21)16-11-22(17-15(16)7-13(18)9-19-17)25(23,24)14-5-3-2-4-6-14;1-6-2-4-7(8)5-3-6;;;/h3-7,10,12-17H,8-9,11H2,1-2H3;2-11H,1H3;4,6H,2-3,5H2,1H3;2*1H2;. The summed E-state index contributed by atoms with van der Waals surface area (Å²) in [6.45, 7) is 4.53. The molecule has 2 aliphatic rings. The van der Waals surface area contributed by atoms with Gasteiger partial charge in [-0.1, -0.05) is 62.4 Å². The number of fused-ring (bicyclic) bond motifs is 2. The van der Waals surface area contributed by atoms with Gasteiger partial charge in [-0.05, 0) is 114 Å². The molecule has 19 heteroatoms. The summed E-state index contributed by atoms with van der Waals surface area (Å²) in [4.78, 5) is 9.42. The predicted octanol–water partition coefficient (Wildman–Crippen LogP) is 8.52. The van der Waals surface area contributed by atoms with Gasteiger partial charge < -0.3 is 11.0 Å². The molecule has 0 bridgehead atoms. The van der Waals surface area contributed by atoms with E-state index >= 15 is 0 Å². The van der Waals surface area contributed by atoms with Gasteiger partial charge in [0.1, 0.15) is 7.85 Å². The quantitative estimate of drug-likeness (QED) is 0.141. The zero-order valence-electron chi connectivity index (χ0n) is 37.4. The van der Waals surface area contributed by atoms with Crippen LogP contribution in [0.5, 0.6) is 0 Å². The Balaban J connectivity index is 0.000000210. The maximum Gasteiger partial charge on any atom is 0.269 e. The summed E-state index contributed by atoms with van der Waals surface area (Å²) in [6, 6.07) is 20.7. The Labute approximate surface area is 414 Å². The maximum atomic E-state index is 13.4. The number of aryl methyl sites for hydroxylation is 2. The van der Waals surface area contributed by atoms with Crippen LogP contribution in [0.4, 0.5) is 0 Å². The molecule has 352 valence electrons. The number of rotatable bonds is 7. The van der Waals surface area contributed by atoms with Crippen molar-refractivity contribution in [3.8, 4) is 22.3 Å². The van der Waals surface area contributed by atoms with Crippen LogP contribution in [-0.2, 0) is 54.6 Å². The third kappa shape index (κ3) is 11.5. The molecule has 6 aromatic heterocycles. The molecule has 0 aliphatic heterocycles. The Morgan fingerprint density at radius 2 is 1.07 bits per heavy atom. The first-order valence-electron chi connectivity index (χ1n) is 21.1. The van der Waals surface area contributed by atoms with Crippen molar-refractivity contribution >= 4 is 71.5 Å². The fraction of sp³-hybridized carbons (Fsp3) is 0.250. The van der Waals surface area contributed by atoms with E-state index in [0.717, 1.165) is 80.1 Å². The van der Waals surface area contributed by atoms with Gasteiger partial charge in [-0.3, -0.25) is 9.36 Å². The average molecular weight is 1100 g/mol. The van der Waals surface area contributed by atoms with Crippen LogP contribution in [0.15, 0.2) is 154 Å². The zero-order valence-corrected chi connectivity index (χ0v) is 42.2. The SMILES string of the molecule is CC1CC=C(c2cnc3c(c2)c(-c2cnn(C)c2)cn3S(=O)(=O)c2ccccc2)CC1.Cn1cc(-c2cn(S(=O)(=O)c3ccccc3)c3ncc(Br)cc23)cn1.O.O.[B]C1=CCC(C)CC1.[Pd]. The van der Waals surface area contributed by atoms with Crippen molar-refractivity contribution < 1.29 is 48.2 Å². The van der Waals surface area contributed by atoms with E-state index < -0.39 is 20.0 Å². The van der Waals surface area contributed by atoms with Gasteiger partial charge in [-0.25, -0.2) is 34.7 Å². The second-order valence-electron chi connectivity index (χ2n) is 16.5. The number of hydrogen-bond donors (Lipinski definition) is 0. The second kappa shape index (κ2) is 22.2. The fourth-order valence-corrected chi connectivity index (χ4v) is 10.9. The molecule has 6 heterocycles. The average Bonchev–Trinajstić information content (AvgIpc) is 4.11. The normalized spacial score (nSPS) is 15.9. The van der Waals surface area contributed by atoms with Crippen molar-refractivity contribution in [3.05, 3.63) is 150 Å². The van der Waals surface area contributed by atoms with Crippen molar-refractivity contribution in [1.29, 1.82) is 0 Å². The van der Waals surface area contributed by atoms with Crippen molar-refractivity contribution in [1.82, 2.24) is 37.5 Å². The van der Waals surface area contributed by atoms with Gasteiger partial charge in [0.2, 0.25) is 0 Å². The van der Waals surface area contributed by atoms with Crippen LogP contribution < -0.4 is 0 Å². The number of allylic oxidation sites excluding steroid dienone is 4. The Bertz CT molecular complexity index is 3260. The molecule has 2 atom stereocenters. The van der Waals surface area contributed by atoms with Crippen LogP contribution in [0.1, 0.15) is 57.9 Å². The van der Waals surface area contributed by atoms with E-state index in [1.54, 1.807) is 107 Å². The summed E-state index contributed by atoms with van der Waals surface area (Å²) in [5.74, 6) is 1.56. The second-order valence-corrected chi connectivity index (χ2v) is 21.1. The molecule has 4 N–H and O–H groups in total. The fourth-order valence-electron chi connectivity index (χ4n) is 7.88. The summed E-state index contributed by atoms with van der Waals surface area (Å²) in [7, 11) is 1.70. The molecular weight excluding hydrogens is 1050 g/mol. The Hall–Kier alpha value is -5.25. The summed E-state index contributed by atoms with van der Waals surface area (Å²) >= 11 is 3.41. The molecule has 2 aliphatic carbocycles. The van der Waals surface area contributed by atoms with Crippen LogP contribution >= 0.6 is 15.9 Å². The van der Waals surface area contributed by atoms with E-state index in [-0.39, 0.29) is 41.2 Å². The number of aromatic nitrogens is 8. The zero-order chi connectivity index (χ0) is 45.2. The molecule has 8 aromatic rings. The molecule has 0 saturated carbocycles. The van der Waals surface area contributed by atoms with Crippen LogP contribution in [0.2, 0.25) is 0 Å². The molecule has 2 unspecified atom stereocenters. The van der Waals surface area contributed by atoms with Crippen molar-refractivity contribution in [3.63, 3.8) is 0 Å². The van der Waals surface area contributed by atoms with Crippen LogP contribution in [0, 0.1) is 11.8 Å². The maximum absolute atomic E-state index is 13.4. The molecule has 0 spiro atoms. The number of pyridine rings is 2. The minimum atomic E-state index is -3.78. The first-order valence-corrected chi connectivity index (χ1v) is 24.8. The third-order valence-corrected chi connectivity index (χ3v) is 15.3. The van der Waals surface area contributed by atoms with Gasteiger partial charge in [0.25, 0.3) is 20.0 Å². The molecular formula is C48H52BBrN8O6PdS2. The molecule has 0 fully saturated rings. The van der Waals surface area contributed by atoms with Crippen molar-refractivity contribution in [2.45, 2.75) is 62.2 Å². The van der Waals surface area contributed by atoms with E-state index in [1.807, 2.05) is 32.6 Å². The number of benzene rings is 2. The summed E-state index contributed by atoms with van der Waals surface area (Å²) in [5.41, 5.74) is 7.49. The number of halogens is 1. The van der Waals surface area contributed by atoms with Crippen LogP contribution in [0.25, 0.3) is 49.9 Å². The first-order chi connectivity index (χ1) is 30.7. The molecule has 10 rings (SSSR count). The molecule has 0 saturated heterocycles. The minimum absolute atomic E-state index is 0. The van der Waals surface area contributed by atoms with Gasteiger partial charge in [0.15, 0.2) is 11.3 Å². The number of hydrogen-bond acceptors (Lipinski definition) is 8. The Morgan fingerprint density at radius 3 is 1.49 bits per heavy atom. The largest absolute Gasteiger partial charge is 0.412 e. The Morgan fingerprint density at radius 1 is 0.612 bits per heavy atom. The van der Waals surface area contributed by atoms with E-state index in [2.05, 4.69) is 68.2 Å². The van der Waals surface area contributed by atoms with Crippen LogP contribution in [0.3, 0.4) is 0 Å². The molecule has 2 radical (unpaired) electrons. The smallest absolute Gasteiger partial charge is 0.269 e. The molecule has 14 nitrogen and oxygen atoms in total. The monoisotopic (exact) mass is 1100 g/mol. The van der Waals surface area contributed by atoms with Gasteiger partial charge >= 0.3 is 0 Å². The summed E-state index contributed by atoms with van der Waals surface area (Å²) in [6.07, 6.45) is 25.1. The summed E-state index contributed by atoms with van der Waals surface area (Å²) < 4.78 is 59.7. The molecule has 0 amide bonds. The van der Waals surface area contributed by atoms with Crippen molar-refractivity contribution in [2.24, 2.45) is 25.9 Å².